The molecule has 2 nitrogen and oxygen atoms in total. The molecule has 1 aromatic carbocycles. The molecular formula is C7H5O2Y-. The molecule has 49 valence electrons. The first-order valence-corrected chi connectivity index (χ1v) is 2.51. The molecule has 0 amide bonds. The van der Waals surface area contributed by atoms with Crippen LogP contribution in [-0.4, -0.2) is 11.4 Å². The van der Waals surface area contributed by atoms with Gasteiger partial charge in [-0.15, -0.1) is 11.6 Å². The molecule has 0 saturated carbocycles. The number of benzene rings is 1. The standard InChI is InChI=1S/C7H5O2.Y/c8-5-6-3-1-2-4-7(6)9;/h1-4,9H;/q-1;. The Balaban J connectivity index is 0.000000810. The third-order valence-electron chi connectivity index (χ3n) is 1.01. The first kappa shape index (κ1) is 9.79. The third kappa shape index (κ3) is 2.20. The maximum atomic E-state index is 9.94. The molecule has 0 aliphatic carbocycles. The zero-order valence-corrected chi connectivity index (χ0v) is 8.08. The average molecular weight is 210 g/mol. The molecule has 0 bridgehead atoms. The molecule has 0 fully saturated rings. The molecule has 10 heavy (non-hydrogen) atoms. The fourth-order valence-electron chi connectivity index (χ4n) is 0.560. The van der Waals surface area contributed by atoms with Gasteiger partial charge in [0.25, 0.3) is 0 Å². The molecular weight excluding hydrogens is 205 g/mol. The topological polar surface area (TPSA) is 37.3 Å². The van der Waals surface area contributed by atoms with Crippen molar-refractivity contribution in [3.05, 3.63) is 29.8 Å². The molecule has 0 spiro atoms. The molecule has 0 aliphatic heterocycles. The summed E-state index contributed by atoms with van der Waals surface area (Å²) in [5.74, 6) is -0.0208. The van der Waals surface area contributed by atoms with Crippen LogP contribution in [-0.2, 0) is 37.5 Å². The first-order chi connectivity index (χ1) is 4.34. The van der Waals surface area contributed by atoms with Gasteiger partial charge in [-0.25, -0.2) is 0 Å². The van der Waals surface area contributed by atoms with Crippen LogP contribution in [0.1, 0.15) is 5.56 Å². The molecule has 0 atom stereocenters. The number of hydrogen-bond donors (Lipinski definition) is 1. The van der Waals surface area contributed by atoms with Crippen LogP contribution in [0.3, 0.4) is 0 Å². The summed E-state index contributed by atoms with van der Waals surface area (Å²) in [6.07, 6.45) is 1.60. The maximum absolute atomic E-state index is 9.94. The van der Waals surface area contributed by atoms with Crippen LogP contribution in [0.4, 0.5) is 0 Å². The van der Waals surface area contributed by atoms with Crippen molar-refractivity contribution in [1.29, 1.82) is 0 Å². The number of rotatable bonds is 1. The van der Waals surface area contributed by atoms with E-state index in [-0.39, 0.29) is 44.0 Å². The van der Waals surface area contributed by atoms with Crippen LogP contribution >= 0.6 is 0 Å². The van der Waals surface area contributed by atoms with Gasteiger partial charge in [0.05, 0.1) is 6.29 Å². The van der Waals surface area contributed by atoms with Crippen molar-refractivity contribution >= 4 is 6.29 Å². The van der Waals surface area contributed by atoms with Gasteiger partial charge in [-0.3, -0.25) is 0 Å². The second kappa shape index (κ2) is 4.58. The smallest absolute Gasteiger partial charge is 0.0662 e. The summed E-state index contributed by atoms with van der Waals surface area (Å²) < 4.78 is 0. The van der Waals surface area contributed by atoms with Crippen molar-refractivity contribution < 1.29 is 42.6 Å². The van der Waals surface area contributed by atoms with Crippen molar-refractivity contribution in [2.75, 3.05) is 0 Å². The minimum atomic E-state index is -0.0208. The van der Waals surface area contributed by atoms with E-state index in [1.165, 1.54) is 12.1 Å². The maximum Gasteiger partial charge on any atom is 0.0662 e. The second-order valence-corrected chi connectivity index (χ2v) is 1.62. The zero-order valence-electron chi connectivity index (χ0n) is 5.24. The Bertz CT molecular complexity index is 223. The molecule has 0 saturated heterocycles. The molecule has 0 aromatic heterocycles. The Morgan fingerprint density at radius 3 is 2.30 bits per heavy atom. The van der Waals surface area contributed by atoms with E-state index in [0.29, 0.717) is 0 Å². The summed E-state index contributed by atoms with van der Waals surface area (Å²) in [5.41, 5.74) is 0.206. The molecule has 0 heterocycles. The molecule has 0 aliphatic rings. The summed E-state index contributed by atoms with van der Waals surface area (Å²) in [6, 6.07) is 6.26. The predicted octanol–water partition coefficient (Wildman–Crippen LogP) is 0.847. The van der Waals surface area contributed by atoms with Crippen LogP contribution in [0.2, 0.25) is 0 Å². The van der Waals surface area contributed by atoms with Crippen LogP contribution in [0.25, 0.3) is 0 Å². The second-order valence-electron chi connectivity index (χ2n) is 1.62. The Hall–Kier alpha value is -0.206. The van der Waals surface area contributed by atoms with Crippen molar-refractivity contribution in [3.63, 3.8) is 0 Å². The van der Waals surface area contributed by atoms with Gasteiger partial charge < -0.3 is 9.90 Å². The summed E-state index contributed by atoms with van der Waals surface area (Å²) in [6.45, 7) is 0. The quantitative estimate of drug-likeness (QED) is 0.697. The van der Waals surface area contributed by atoms with Crippen LogP contribution < -0.4 is 0 Å². The summed E-state index contributed by atoms with van der Waals surface area (Å²) in [7, 11) is 0. The van der Waals surface area contributed by atoms with Gasteiger partial charge in [-0.1, -0.05) is 12.1 Å². The van der Waals surface area contributed by atoms with Crippen LogP contribution in [0.15, 0.2) is 24.3 Å². The number of hydrogen-bond acceptors (Lipinski definition) is 2. The SMILES string of the molecule is O=[C-]c1ccccc1O.[Y]. The minimum Gasteiger partial charge on any atom is -0.565 e. The van der Waals surface area contributed by atoms with Gasteiger partial charge in [0.2, 0.25) is 0 Å². The number of phenolic OH excluding ortho intramolecular Hbond substituents is 1. The van der Waals surface area contributed by atoms with Crippen LogP contribution in [0.5, 0.6) is 5.75 Å². The Morgan fingerprint density at radius 1 is 1.30 bits per heavy atom. The fraction of sp³-hybridized carbons (Fsp3) is 0. The van der Waals surface area contributed by atoms with E-state index < -0.39 is 0 Å². The summed E-state index contributed by atoms with van der Waals surface area (Å²) in [4.78, 5) is 9.94. The zero-order chi connectivity index (χ0) is 6.69. The number of phenols is 1. The molecule has 1 aromatic rings. The van der Waals surface area contributed by atoms with Gasteiger partial charge in [-0.2, -0.15) is 6.07 Å². The third-order valence-corrected chi connectivity index (χ3v) is 1.01. The van der Waals surface area contributed by atoms with E-state index in [4.69, 9.17) is 5.11 Å². The van der Waals surface area contributed by atoms with E-state index >= 15 is 0 Å². The van der Waals surface area contributed by atoms with Crippen LogP contribution in [0, 0.1) is 0 Å². The van der Waals surface area contributed by atoms with E-state index in [0.717, 1.165) is 0 Å². The normalized spacial score (nSPS) is 8.00. The van der Waals surface area contributed by atoms with Gasteiger partial charge >= 0.3 is 0 Å². The largest absolute Gasteiger partial charge is 0.565 e. The number of aromatic hydroxyl groups is 1. The van der Waals surface area contributed by atoms with Crippen molar-refractivity contribution in [3.8, 4) is 5.75 Å². The molecule has 3 heteroatoms. The van der Waals surface area contributed by atoms with E-state index in [1.807, 2.05) is 0 Å². The monoisotopic (exact) mass is 210 g/mol. The van der Waals surface area contributed by atoms with Gasteiger partial charge in [0, 0.05) is 38.5 Å². The van der Waals surface area contributed by atoms with Crippen molar-refractivity contribution in [2.45, 2.75) is 0 Å². The number of carbonyl (C=O) groups excluding carboxylic acids is 1. The van der Waals surface area contributed by atoms with E-state index in [9.17, 15) is 4.79 Å². The summed E-state index contributed by atoms with van der Waals surface area (Å²) >= 11 is 0. The number of para-hydroxylation sites is 1. The predicted molar refractivity (Wildman–Crippen MR) is 32.9 cm³/mol. The van der Waals surface area contributed by atoms with E-state index in [1.54, 1.807) is 18.4 Å². The van der Waals surface area contributed by atoms with E-state index in [2.05, 4.69) is 0 Å². The summed E-state index contributed by atoms with van der Waals surface area (Å²) in [5, 5.41) is 8.85. The Morgan fingerprint density at radius 2 is 1.90 bits per heavy atom. The van der Waals surface area contributed by atoms with Gasteiger partial charge in [0.15, 0.2) is 0 Å². The molecule has 0 unspecified atom stereocenters. The Kier molecular flexibility index (Phi) is 4.49. The molecule has 1 radical (unpaired) electrons. The van der Waals surface area contributed by atoms with Crippen molar-refractivity contribution in [2.24, 2.45) is 0 Å². The first-order valence-electron chi connectivity index (χ1n) is 2.51. The minimum absolute atomic E-state index is 0. The molecule has 1 N–H and O–H groups in total. The van der Waals surface area contributed by atoms with Gasteiger partial charge in [0.1, 0.15) is 0 Å². The van der Waals surface area contributed by atoms with Gasteiger partial charge in [-0.05, 0) is 0 Å². The fourth-order valence-corrected chi connectivity index (χ4v) is 0.560. The molecule has 1 rings (SSSR count). The average Bonchev–Trinajstić information content (AvgIpc) is 1.89. The van der Waals surface area contributed by atoms with Crippen molar-refractivity contribution in [1.82, 2.24) is 0 Å². The Labute approximate surface area is 84.1 Å².